The summed E-state index contributed by atoms with van der Waals surface area (Å²) >= 11 is 0. The maximum absolute atomic E-state index is 9.41. The van der Waals surface area contributed by atoms with Crippen molar-refractivity contribution >= 4 is 5.69 Å². The summed E-state index contributed by atoms with van der Waals surface area (Å²) in [5.74, 6) is 0.468. The lowest BCUT2D eigenvalue weighted by Crippen LogP contribution is -2.42. The normalized spacial score (nSPS) is 16.8. The largest absolute Gasteiger partial charge is 0.370 e. The average Bonchev–Trinajstić information content (AvgIpc) is 2.46. The molecule has 0 N–H and O–H groups in total. The molecule has 1 aromatic rings. The Morgan fingerprint density at radius 3 is 2.40 bits per heavy atom. The zero-order valence-electron chi connectivity index (χ0n) is 13.1. The molecular formula is C17H25N3. The second kappa shape index (κ2) is 6.28. The third-order valence-corrected chi connectivity index (χ3v) is 4.34. The fraction of sp³-hybridized carbons (Fsp3) is 0.588. The van der Waals surface area contributed by atoms with Crippen molar-refractivity contribution < 1.29 is 0 Å². The Morgan fingerprint density at radius 2 is 1.90 bits per heavy atom. The summed E-state index contributed by atoms with van der Waals surface area (Å²) < 4.78 is 0. The van der Waals surface area contributed by atoms with Crippen LogP contribution >= 0.6 is 0 Å². The molecule has 0 aliphatic carbocycles. The summed E-state index contributed by atoms with van der Waals surface area (Å²) in [6.45, 7) is 6.41. The first kappa shape index (κ1) is 14.9. The van der Waals surface area contributed by atoms with E-state index in [0.29, 0.717) is 12.0 Å². The monoisotopic (exact) mass is 271 g/mol. The van der Waals surface area contributed by atoms with Crippen LogP contribution in [0, 0.1) is 11.3 Å². The highest BCUT2D eigenvalue weighted by Crippen LogP contribution is 2.28. The van der Waals surface area contributed by atoms with E-state index in [1.165, 1.54) is 18.4 Å². The number of piperidine rings is 1. The molecule has 1 heterocycles. The van der Waals surface area contributed by atoms with E-state index in [-0.39, 0.29) is 0 Å². The predicted molar refractivity (Wildman–Crippen MR) is 84.2 cm³/mol. The summed E-state index contributed by atoms with van der Waals surface area (Å²) in [6, 6.07) is 9.39. The number of nitrogens with zero attached hydrogens (tertiary/aromatic N) is 3. The molecule has 0 bridgehead atoms. The first-order valence-corrected chi connectivity index (χ1v) is 7.48. The predicted octanol–water partition coefficient (Wildman–Crippen LogP) is 3.21. The average molecular weight is 271 g/mol. The summed E-state index contributed by atoms with van der Waals surface area (Å²) in [5.41, 5.74) is 3.17. The van der Waals surface area contributed by atoms with Gasteiger partial charge in [-0.15, -0.1) is 0 Å². The third kappa shape index (κ3) is 3.13. The second-order valence-corrected chi connectivity index (χ2v) is 6.22. The van der Waals surface area contributed by atoms with Crippen molar-refractivity contribution in [2.45, 2.75) is 38.6 Å². The zero-order valence-corrected chi connectivity index (χ0v) is 13.1. The van der Waals surface area contributed by atoms with Crippen molar-refractivity contribution in [3.05, 3.63) is 29.3 Å². The molecule has 1 aliphatic heterocycles. The van der Waals surface area contributed by atoms with Crippen molar-refractivity contribution in [2.75, 3.05) is 32.1 Å². The molecule has 0 aromatic heterocycles. The smallest absolute Gasteiger partial charge is 0.101 e. The van der Waals surface area contributed by atoms with Crippen LogP contribution in [0.25, 0.3) is 0 Å². The Hall–Kier alpha value is -1.53. The molecule has 0 unspecified atom stereocenters. The Kier molecular flexibility index (Phi) is 4.67. The van der Waals surface area contributed by atoms with Gasteiger partial charge in [0.2, 0.25) is 0 Å². The molecule has 0 saturated carbocycles. The van der Waals surface area contributed by atoms with Crippen molar-refractivity contribution in [3.63, 3.8) is 0 Å². The molecule has 3 nitrogen and oxygen atoms in total. The molecule has 0 radical (unpaired) electrons. The molecule has 2 rings (SSSR count). The highest BCUT2D eigenvalue weighted by Gasteiger charge is 2.22. The Balaban J connectivity index is 2.16. The molecule has 0 amide bonds. The minimum atomic E-state index is 0.468. The number of nitriles is 1. The van der Waals surface area contributed by atoms with Crippen LogP contribution in [0.15, 0.2) is 18.2 Å². The molecule has 1 saturated heterocycles. The topological polar surface area (TPSA) is 30.3 Å². The van der Waals surface area contributed by atoms with Gasteiger partial charge in [0.1, 0.15) is 6.07 Å². The van der Waals surface area contributed by atoms with Crippen LogP contribution in [0.2, 0.25) is 0 Å². The van der Waals surface area contributed by atoms with E-state index in [4.69, 9.17) is 0 Å². The maximum Gasteiger partial charge on any atom is 0.101 e. The van der Waals surface area contributed by atoms with Gasteiger partial charge in [-0.1, -0.05) is 19.9 Å². The fourth-order valence-electron chi connectivity index (χ4n) is 2.90. The summed E-state index contributed by atoms with van der Waals surface area (Å²) in [7, 11) is 4.30. The number of benzene rings is 1. The van der Waals surface area contributed by atoms with Crippen molar-refractivity contribution in [1.29, 1.82) is 5.26 Å². The van der Waals surface area contributed by atoms with Crippen molar-refractivity contribution in [1.82, 2.24) is 4.90 Å². The van der Waals surface area contributed by atoms with Crippen LogP contribution in [0.3, 0.4) is 0 Å². The van der Waals surface area contributed by atoms with Crippen LogP contribution < -0.4 is 4.90 Å². The number of hydrogen-bond donors (Lipinski definition) is 0. The molecule has 108 valence electrons. The highest BCUT2D eigenvalue weighted by molar-refractivity contribution is 5.61. The molecule has 1 aliphatic rings. The summed E-state index contributed by atoms with van der Waals surface area (Å²) in [4.78, 5) is 4.67. The minimum absolute atomic E-state index is 0.468. The van der Waals surface area contributed by atoms with E-state index in [2.05, 4.69) is 62.0 Å². The van der Waals surface area contributed by atoms with Crippen molar-refractivity contribution in [2.24, 2.45) is 0 Å². The lowest BCUT2D eigenvalue weighted by molar-refractivity contribution is 0.249. The molecule has 0 spiro atoms. The van der Waals surface area contributed by atoms with Gasteiger partial charge in [-0.2, -0.15) is 5.26 Å². The van der Waals surface area contributed by atoms with E-state index in [1.807, 2.05) is 0 Å². The number of anilines is 1. The fourth-order valence-corrected chi connectivity index (χ4v) is 2.90. The summed E-state index contributed by atoms with van der Waals surface area (Å²) in [6.07, 6.45) is 2.34. The van der Waals surface area contributed by atoms with Crippen LogP contribution in [0.5, 0.6) is 0 Å². The van der Waals surface area contributed by atoms with Crippen LogP contribution in [-0.2, 0) is 0 Å². The van der Waals surface area contributed by atoms with E-state index in [0.717, 1.165) is 24.3 Å². The van der Waals surface area contributed by atoms with Crippen LogP contribution in [0.4, 0.5) is 5.69 Å². The number of rotatable bonds is 3. The lowest BCUT2D eigenvalue weighted by Gasteiger charge is -2.37. The van der Waals surface area contributed by atoms with E-state index in [1.54, 1.807) is 0 Å². The van der Waals surface area contributed by atoms with Gasteiger partial charge in [0.25, 0.3) is 0 Å². The minimum Gasteiger partial charge on any atom is -0.370 e. The SMILES string of the molecule is CC(C)c1ccc(N2CCC(N(C)C)CC2)c(C#N)c1. The van der Waals surface area contributed by atoms with Gasteiger partial charge in [-0.3, -0.25) is 0 Å². The maximum atomic E-state index is 9.41. The van der Waals surface area contributed by atoms with Crippen LogP contribution in [-0.4, -0.2) is 38.1 Å². The van der Waals surface area contributed by atoms with E-state index < -0.39 is 0 Å². The second-order valence-electron chi connectivity index (χ2n) is 6.22. The molecule has 0 atom stereocenters. The quantitative estimate of drug-likeness (QED) is 0.845. The lowest BCUT2D eigenvalue weighted by atomic mass is 9.98. The van der Waals surface area contributed by atoms with Gasteiger partial charge in [0.05, 0.1) is 11.3 Å². The van der Waals surface area contributed by atoms with E-state index in [9.17, 15) is 5.26 Å². The van der Waals surface area contributed by atoms with E-state index >= 15 is 0 Å². The van der Waals surface area contributed by atoms with Gasteiger partial charge in [0.15, 0.2) is 0 Å². The van der Waals surface area contributed by atoms with Gasteiger partial charge >= 0.3 is 0 Å². The highest BCUT2D eigenvalue weighted by atomic mass is 15.2. The molecule has 3 heteroatoms. The first-order valence-electron chi connectivity index (χ1n) is 7.48. The molecule has 20 heavy (non-hydrogen) atoms. The van der Waals surface area contributed by atoms with Gasteiger partial charge in [-0.25, -0.2) is 0 Å². The van der Waals surface area contributed by atoms with Crippen molar-refractivity contribution in [3.8, 4) is 6.07 Å². The zero-order chi connectivity index (χ0) is 14.7. The molecule has 1 fully saturated rings. The Labute approximate surface area is 122 Å². The summed E-state index contributed by atoms with van der Waals surface area (Å²) in [5, 5.41) is 9.41. The third-order valence-electron chi connectivity index (χ3n) is 4.34. The Morgan fingerprint density at radius 1 is 1.25 bits per heavy atom. The Bertz CT molecular complexity index is 491. The van der Waals surface area contributed by atoms with Gasteiger partial charge in [-0.05, 0) is 50.6 Å². The van der Waals surface area contributed by atoms with Gasteiger partial charge in [0, 0.05) is 19.1 Å². The standard InChI is InChI=1S/C17H25N3/c1-13(2)14-5-6-17(15(11-14)12-18)20-9-7-16(8-10-20)19(3)4/h5-6,11,13,16H,7-10H2,1-4H3. The van der Waals surface area contributed by atoms with Gasteiger partial charge < -0.3 is 9.80 Å². The molecular weight excluding hydrogens is 246 g/mol. The molecule has 1 aromatic carbocycles. The number of hydrogen-bond acceptors (Lipinski definition) is 3. The first-order chi connectivity index (χ1) is 9.52. The van der Waals surface area contributed by atoms with Crippen LogP contribution in [0.1, 0.15) is 43.7 Å².